The first-order chi connectivity index (χ1) is 14.0. The molecule has 0 amide bonds. The molecule has 5 nitrogen and oxygen atoms in total. The van der Waals surface area contributed by atoms with Crippen LogP contribution in [0.2, 0.25) is 18.1 Å². The quantitative estimate of drug-likeness (QED) is 0.257. The van der Waals surface area contributed by atoms with Crippen LogP contribution in [0.4, 0.5) is 0 Å². The Balaban J connectivity index is 3.25. The van der Waals surface area contributed by atoms with Gasteiger partial charge in [0.2, 0.25) is 0 Å². The van der Waals surface area contributed by atoms with Crippen molar-refractivity contribution in [3.05, 3.63) is 35.9 Å². The average molecular weight is 454 g/mol. The van der Waals surface area contributed by atoms with Crippen molar-refractivity contribution >= 4 is 31.4 Å². The van der Waals surface area contributed by atoms with Crippen LogP contribution in [0.25, 0.3) is 0 Å². The van der Waals surface area contributed by atoms with E-state index >= 15 is 0 Å². The fourth-order valence-corrected chi connectivity index (χ4v) is 4.99. The molecule has 0 saturated heterocycles. The summed E-state index contributed by atoms with van der Waals surface area (Å²) in [6.07, 6.45) is -0.547. The summed E-state index contributed by atoms with van der Waals surface area (Å²) in [6, 6.07) is 10.2. The van der Waals surface area contributed by atoms with Crippen LogP contribution in [-0.2, 0) is 29.8 Å². The van der Waals surface area contributed by atoms with E-state index in [4.69, 9.17) is 23.2 Å². The van der Waals surface area contributed by atoms with E-state index in [2.05, 4.69) is 68.1 Å². The van der Waals surface area contributed by atoms with Crippen LogP contribution in [-0.4, -0.2) is 62.3 Å². The van der Waals surface area contributed by atoms with Crippen LogP contribution in [0.3, 0.4) is 0 Å². The van der Waals surface area contributed by atoms with E-state index in [0.29, 0.717) is 6.61 Å². The molecule has 1 unspecified atom stereocenters. The number of methoxy groups -OCH3 is 2. The Hall–Kier alpha value is -0.203. The van der Waals surface area contributed by atoms with Crippen LogP contribution in [0, 0.1) is 0 Å². The smallest absolute Gasteiger partial charge is 0.192 e. The number of hydrogen-bond donors (Lipinski definition) is 0. The van der Waals surface area contributed by atoms with E-state index in [9.17, 15) is 0 Å². The zero-order valence-electron chi connectivity index (χ0n) is 20.6. The van der Waals surface area contributed by atoms with Crippen molar-refractivity contribution in [1.82, 2.24) is 0 Å². The molecule has 3 atom stereocenters. The predicted octanol–water partition coefficient (Wildman–Crippen LogP) is 3.87. The Morgan fingerprint density at radius 2 is 1.57 bits per heavy atom. The summed E-state index contributed by atoms with van der Waals surface area (Å²) < 4.78 is 31.0. The lowest BCUT2D eigenvalue weighted by molar-refractivity contribution is -0.195. The normalized spacial score (nSPS) is 16.1. The van der Waals surface area contributed by atoms with E-state index < -0.39 is 22.5 Å². The standard InChI is InChI=1S/C21H41B2O5PSi/c1-9-17(26-15-16-13-11-10-12-14-16)18(28-30(7,8)21(2,3)4)19(27-29(22)23)20(24-5)25-6/h10-14,17-20H,9,15,22-23H2,1-8H3/t17-,18?,19+/m0/s1. The van der Waals surface area contributed by atoms with Gasteiger partial charge in [-0.15, -0.1) is 0 Å². The molecule has 170 valence electrons. The first-order valence-corrected chi connectivity index (χ1v) is 15.8. The minimum absolute atomic E-state index is 0.0618. The number of rotatable bonds is 13. The molecule has 0 radical (unpaired) electrons. The summed E-state index contributed by atoms with van der Waals surface area (Å²) in [5.41, 5.74) is 1.14. The van der Waals surface area contributed by atoms with Crippen molar-refractivity contribution in [2.45, 2.75) is 83.5 Å². The molecule has 1 rings (SSSR count). The lowest BCUT2D eigenvalue weighted by Crippen LogP contribution is -2.55. The number of hydrogen-bond acceptors (Lipinski definition) is 5. The lowest BCUT2D eigenvalue weighted by atomic mass is 10.1. The topological polar surface area (TPSA) is 46.2 Å². The lowest BCUT2D eigenvalue weighted by Gasteiger charge is -2.45. The Bertz CT molecular complexity index is 597. The third-order valence-electron chi connectivity index (χ3n) is 5.70. The molecular formula is C21H41B2O5PSi. The second-order valence-electron chi connectivity index (χ2n) is 9.31. The maximum atomic E-state index is 6.93. The summed E-state index contributed by atoms with van der Waals surface area (Å²) in [5.74, 6) is 0. The second kappa shape index (κ2) is 12.7. The van der Waals surface area contributed by atoms with Gasteiger partial charge < -0.3 is 23.2 Å². The van der Waals surface area contributed by atoms with Gasteiger partial charge in [0.1, 0.15) is 12.2 Å². The summed E-state index contributed by atoms with van der Waals surface area (Å²) >= 11 is 0. The summed E-state index contributed by atoms with van der Waals surface area (Å²) in [7, 11) is 4.71. The number of ether oxygens (including phenoxy) is 3. The molecule has 0 spiro atoms. The monoisotopic (exact) mass is 454 g/mol. The van der Waals surface area contributed by atoms with Crippen molar-refractivity contribution in [3.8, 4) is 0 Å². The molecule has 1 aromatic rings. The predicted molar refractivity (Wildman–Crippen MR) is 134 cm³/mol. The summed E-state index contributed by atoms with van der Waals surface area (Å²) in [4.78, 5) is 0. The molecule has 9 heteroatoms. The van der Waals surface area contributed by atoms with Crippen molar-refractivity contribution in [1.29, 1.82) is 0 Å². The van der Waals surface area contributed by atoms with Gasteiger partial charge in [0.25, 0.3) is 0 Å². The zero-order valence-corrected chi connectivity index (χ0v) is 22.5. The Kier molecular flexibility index (Phi) is 11.8. The van der Waals surface area contributed by atoms with E-state index in [1.54, 1.807) is 14.2 Å². The van der Waals surface area contributed by atoms with Gasteiger partial charge in [0, 0.05) is 14.2 Å². The number of benzene rings is 1. The molecule has 0 aliphatic carbocycles. The maximum absolute atomic E-state index is 6.93. The summed E-state index contributed by atoms with van der Waals surface area (Å²) in [5, 5.41) is 0.0618. The molecule has 0 aliphatic rings. The van der Waals surface area contributed by atoms with Gasteiger partial charge in [-0.25, -0.2) is 0 Å². The summed E-state index contributed by atoms with van der Waals surface area (Å²) in [6.45, 7) is 13.9. The van der Waals surface area contributed by atoms with Crippen molar-refractivity contribution in [3.63, 3.8) is 0 Å². The van der Waals surface area contributed by atoms with Gasteiger partial charge in [-0.05, 0) is 30.1 Å². The molecular weight excluding hydrogens is 413 g/mol. The van der Waals surface area contributed by atoms with E-state index in [0.717, 1.165) is 12.0 Å². The van der Waals surface area contributed by atoms with E-state index in [-0.39, 0.29) is 23.4 Å². The minimum atomic E-state index is -2.10. The highest BCUT2D eigenvalue weighted by Gasteiger charge is 2.45. The highest BCUT2D eigenvalue weighted by atomic mass is 31.1. The van der Waals surface area contributed by atoms with Gasteiger partial charge in [-0.1, -0.05) is 65.9 Å². The molecule has 0 heterocycles. The fraction of sp³-hybridized carbons (Fsp3) is 0.714. The third-order valence-corrected chi connectivity index (χ3v) is 10.8. The molecule has 0 saturated carbocycles. The van der Waals surface area contributed by atoms with Crippen LogP contribution in [0.1, 0.15) is 39.7 Å². The Morgan fingerprint density at radius 3 is 2.00 bits per heavy atom. The van der Waals surface area contributed by atoms with E-state index in [1.165, 1.54) is 0 Å². The van der Waals surface area contributed by atoms with Crippen molar-refractivity contribution < 1.29 is 23.2 Å². The van der Waals surface area contributed by atoms with Gasteiger partial charge in [-0.3, -0.25) is 0 Å². The van der Waals surface area contributed by atoms with Crippen molar-refractivity contribution in [2.75, 3.05) is 14.2 Å². The molecule has 0 aliphatic heterocycles. The van der Waals surface area contributed by atoms with Gasteiger partial charge in [0.05, 0.1) is 12.7 Å². The highest BCUT2D eigenvalue weighted by Crippen LogP contribution is 2.40. The van der Waals surface area contributed by atoms with Crippen molar-refractivity contribution in [2.24, 2.45) is 0 Å². The van der Waals surface area contributed by atoms with Crippen LogP contribution in [0.15, 0.2) is 30.3 Å². The van der Waals surface area contributed by atoms with E-state index in [1.807, 2.05) is 18.2 Å². The second-order valence-corrected chi connectivity index (χ2v) is 15.9. The largest absolute Gasteiger partial charge is 0.408 e. The first-order valence-electron chi connectivity index (χ1n) is 10.7. The third kappa shape index (κ3) is 8.38. The fourth-order valence-electron chi connectivity index (χ4n) is 2.97. The van der Waals surface area contributed by atoms with Gasteiger partial charge in [-0.2, -0.15) is 0 Å². The Morgan fingerprint density at radius 1 is 1.00 bits per heavy atom. The molecule has 30 heavy (non-hydrogen) atoms. The first kappa shape index (κ1) is 27.8. The Labute approximate surface area is 188 Å². The van der Waals surface area contributed by atoms with Gasteiger partial charge in [0.15, 0.2) is 29.7 Å². The SMILES string of the molecule is BP(B)O[C@@H](C(OC)OC)C(O[Si](C)(C)C(C)(C)C)[C@H](CC)OCc1ccccc1. The van der Waals surface area contributed by atoms with Gasteiger partial charge >= 0.3 is 0 Å². The highest BCUT2D eigenvalue weighted by molar-refractivity contribution is 7.97. The molecule has 0 N–H and O–H groups in total. The molecule has 0 aromatic heterocycles. The maximum Gasteiger partial charge on any atom is 0.192 e. The minimum Gasteiger partial charge on any atom is -0.408 e. The molecule has 1 aromatic carbocycles. The molecule has 0 bridgehead atoms. The van der Waals surface area contributed by atoms with Crippen LogP contribution in [0.5, 0.6) is 0 Å². The molecule has 0 fully saturated rings. The zero-order chi connectivity index (χ0) is 22.9. The average Bonchev–Trinajstić information content (AvgIpc) is 2.67. The van der Waals surface area contributed by atoms with Crippen LogP contribution < -0.4 is 0 Å². The van der Waals surface area contributed by atoms with Crippen LogP contribution >= 0.6 is 7.91 Å².